The van der Waals surface area contributed by atoms with Crippen LogP contribution in [0.5, 0.6) is 0 Å². The van der Waals surface area contributed by atoms with E-state index in [2.05, 4.69) is 0 Å². The van der Waals surface area contributed by atoms with Gasteiger partial charge in [-0.15, -0.1) is 0 Å². The summed E-state index contributed by atoms with van der Waals surface area (Å²) < 4.78 is 0. The van der Waals surface area contributed by atoms with Crippen LogP contribution in [0.15, 0.2) is 11.1 Å². The number of aliphatic carboxylic acids is 1. The van der Waals surface area contributed by atoms with Crippen LogP contribution in [0.25, 0.3) is 0 Å². The number of halogens is 1. The summed E-state index contributed by atoms with van der Waals surface area (Å²) in [7, 11) is 0. The lowest BCUT2D eigenvalue weighted by molar-refractivity contribution is -0.148. The summed E-state index contributed by atoms with van der Waals surface area (Å²) in [6.07, 6.45) is 2.09. The average molecular weight is 205 g/mol. The van der Waals surface area contributed by atoms with Gasteiger partial charge in [0.25, 0.3) is 0 Å². The molecule has 0 aromatic heterocycles. The van der Waals surface area contributed by atoms with Gasteiger partial charge in [0.2, 0.25) is 0 Å². The molecule has 0 fully saturated rings. The molecular weight excluding hydrogens is 188 g/mol. The van der Waals surface area contributed by atoms with E-state index >= 15 is 0 Å². The van der Waals surface area contributed by atoms with Crippen molar-refractivity contribution in [1.82, 2.24) is 0 Å². The third-order valence-electron chi connectivity index (χ3n) is 2.17. The van der Waals surface area contributed by atoms with Gasteiger partial charge >= 0.3 is 5.97 Å². The van der Waals surface area contributed by atoms with Crippen LogP contribution >= 0.6 is 11.6 Å². The lowest BCUT2D eigenvalue weighted by atomic mass is 9.80. The van der Waals surface area contributed by atoms with Crippen LogP contribution in [0.2, 0.25) is 0 Å². The summed E-state index contributed by atoms with van der Waals surface area (Å²) in [4.78, 5) is 11.0. The number of carboxylic acid groups (broad SMARTS) is 1. The van der Waals surface area contributed by atoms with Crippen molar-refractivity contribution in [2.75, 3.05) is 0 Å². The van der Waals surface area contributed by atoms with Crippen molar-refractivity contribution in [2.24, 2.45) is 5.41 Å². The fraction of sp³-hybridized carbons (Fsp3) is 0.700. The molecule has 0 heterocycles. The topological polar surface area (TPSA) is 37.3 Å². The third-order valence-corrected chi connectivity index (χ3v) is 2.55. The minimum absolute atomic E-state index is 0.527. The van der Waals surface area contributed by atoms with Crippen molar-refractivity contribution in [3.8, 4) is 0 Å². The standard InChI is InChI=1S/C10H17ClO2/c1-4-5-10(3,9(12)13)6-8(2)7-11/h7H,4-6H2,1-3H3,(H,12,13). The lowest BCUT2D eigenvalue weighted by Gasteiger charge is -2.24. The first-order valence-electron chi connectivity index (χ1n) is 4.45. The van der Waals surface area contributed by atoms with Crippen LogP contribution in [0.3, 0.4) is 0 Å². The Morgan fingerprint density at radius 3 is 2.46 bits per heavy atom. The maximum Gasteiger partial charge on any atom is 0.309 e. The van der Waals surface area contributed by atoms with E-state index in [1.807, 2.05) is 13.8 Å². The van der Waals surface area contributed by atoms with Crippen molar-refractivity contribution >= 4 is 17.6 Å². The maximum absolute atomic E-state index is 11.0. The number of allylic oxidation sites excluding steroid dienone is 1. The molecule has 0 aromatic carbocycles. The highest BCUT2D eigenvalue weighted by molar-refractivity contribution is 6.25. The summed E-state index contributed by atoms with van der Waals surface area (Å²) in [5, 5.41) is 9.04. The molecule has 0 radical (unpaired) electrons. The quantitative estimate of drug-likeness (QED) is 0.745. The van der Waals surface area contributed by atoms with Gasteiger partial charge in [-0.05, 0) is 26.7 Å². The Bertz CT molecular complexity index is 211. The van der Waals surface area contributed by atoms with Gasteiger partial charge in [0.05, 0.1) is 5.41 Å². The third kappa shape index (κ3) is 3.81. The molecule has 13 heavy (non-hydrogen) atoms. The predicted molar refractivity (Wildman–Crippen MR) is 54.9 cm³/mol. The number of rotatable bonds is 5. The monoisotopic (exact) mass is 204 g/mol. The fourth-order valence-electron chi connectivity index (χ4n) is 1.48. The summed E-state index contributed by atoms with van der Waals surface area (Å²) >= 11 is 5.51. The molecule has 1 N–H and O–H groups in total. The summed E-state index contributed by atoms with van der Waals surface area (Å²) in [5.74, 6) is -0.743. The van der Waals surface area contributed by atoms with Crippen LogP contribution in [-0.4, -0.2) is 11.1 Å². The largest absolute Gasteiger partial charge is 0.481 e. The van der Waals surface area contributed by atoms with E-state index < -0.39 is 11.4 Å². The normalized spacial score (nSPS) is 16.8. The predicted octanol–water partition coefficient (Wildman–Crippen LogP) is 3.41. The van der Waals surface area contributed by atoms with Crippen LogP contribution < -0.4 is 0 Å². The number of carbonyl (C=O) groups is 1. The lowest BCUT2D eigenvalue weighted by Crippen LogP contribution is -2.27. The van der Waals surface area contributed by atoms with Crippen molar-refractivity contribution in [3.63, 3.8) is 0 Å². The molecule has 0 saturated heterocycles. The van der Waals surface area contributed by atoms with Crippen molar-refractivity contribution in [1.29, 1.82) is 0 Å². The first kappa shape index (κ1) is 12.5. The Morgan fingerprint density at radius 2 is 2.15 bits per heavy atom. The van der Waals surface area contributed by atoms with E-state index in [1.165, 1.54) is 5.54 Å². The van der Waals surface area contributed by atoms with Gasteiger partial charge in [0.1, 0.15) is 0 Å². The molecule has 1 unspecified atom stereocenters. The number of carboxylic acids is 1. The second-order valence-electron chi connectivity index (χ2n) is 3.75. The van der Waals surface area contributed by atoms with Gasteiger partial charge in [-0.3, -0.25) is 4.79 Å². The molecule has 1 atom stereocenters. The smallest absolute Gasteiger partial charge is 0.309 e. The molecule has 0 amide bonds. The van der Waals surface area contributed by atoms with Gasteiger partial charge < -0.3 is 5.11 Å². The minimum Gasteiger partial charge on any atom is -0.481 e. The van der Waals surface area contributed by atoms with Gasteiger partial charge in [-0.2, -0.15) is 0 Å². The molecule has 0 spiro atoms. The summed E-state index contributed by atoms with van der Waals surface area (Å²) in [6, 6.07) is 0. The van der Waals surface area contributed by atoms with Crippen LogP contribution in [-0.2, 0) is 4.79 Å². The van der Waals surface area contributed by atoms with Crippen molar-refractivity contribution in [2.45, 2.75) is 40.0 Å². The molecule has 0 aliphatic carbocycles. The van der Waals surface area contributed by atoms with E-state index in [4.69, 9.17) is 16.7 Å². The summed E-state index contributed by atoms with van der Waals surface area (Å²) in [6.45, 7) is 5.60. The van der Waals surface area contributed by atoms with E-state index in [0.29, 0.717) is 12.8 Å². The molecule has 0 bridgehead atoms. The molecule has 0 aliphatic heterocycles. The highest BCUT2D eigenvalue weighted by Crippen LogP contribution is 2.31. The Kier molecular flexibility index (Phi) is 5.07. The first-order chi connectivity index (χ1) is 5.96. The highest BCUT2D eigenvalue weighted by atomic mass is 35.5. The minimum atomic E-state index is -0.743. The Labute approximate surface area is 84.6 Å². The molecular formula is C10H17ClO2. The summed E-state index contributed by atoms with van der Waals surface area (Å²) in [5.41, 5.74) is 1.71. The zero-order valence-corrected chi connectivity index (χ0v) is 9.19. The van der Waals surface area contributed by atoms with Crippen LogP contribution in [0.4, 0.5) is 0 Å². The zero-order valence-electron chi connectivity index (χ0n) is 8.43. The molecule has 0 aliphatic rings. The van der Waals surface area contributed by atoms with Crippen LogP contribution in [0.1, 0.15) is 40.0 Å². The van der Waals surface area contributed by atoms with E-state index in [9.17, 15) is 4.79 Å². The Balaban J connectivity index is 4.50. The number of hydrogen-bond donors (Lipinski definition) is 1. The number of hydrogen-bond acceptors (Lipinski definition) is 1. The first-order valence-corrected chi connectivity index (χ1v) is 4.89. The van der Waals surface area contributed by atoms with Crippen molar-refractivity contribution < 1.29 is 9.90 Å². The molecule has 0 saturated carbocycles. The average Bonchev–Trinajstić information content (AvgIpc) is 2.04. The Hall–Kier alpha value is -0.500. The van der Waals surface area contributed by atoms with E-state index in [1.54, 1.807) is 6.92 Å². The second kappa shape index (κ2) is 5.28. The Morgan fingerprint density at radius 1 is 1.62 bits per heavy atom. The van der Waals surface area contributed by atoms with Crippen LogP contribution in [0, 0.1) is 5.41 Å². The van der Waals surface area contributed by atoms with E-state index in [0.717, 1.165) is 12.0 Å². The maximum atomic E-state index is 11.0. The van der Waals surface area contributed by atoms with Gasteiger partial charge in [-0.1, -0.05) is 30.5 Å². The SMILES string of the molecule is CCCC(C)(CC(C)=CCl)C(=O)O. The van der Waals surface area contributed by atoms with Crippen molar-refractivity contribution in [3.05, 3.63) is 11.1 Å². The molecule has 2 nitrogen and oxygen atoms in total. The van der Waals surface area contributed by atoms with Gasteiger partial charge in [0, 0.05) is 5.54 Å². The fourth-order valence-corrected chi connectivity index (χ4v) is 1.55. The second-order valence-corrected chi connectivity index (χ2v) is 3.97. The van der Waals surface area contributed by atoms with Gasteiger partial charge in [0.15, 0.2) is 0 Å². The van der Waals surface area contributed by atoms with Gasteiger partial charge in [-0.25, -0.2) is 0 Å². The molecule has 3 heteroatoms. The molecule has 0 rings (SSSR count). The highest BCUT2D eigenvalue weighted by Gasteiger charge is 2.31. The molecule has 0 aromatic rings. The molecule has 76 valence electrons. The zero-order chi connectivity index (χ0) is 10.5. The van der Waals surface area contributed by atoms with E-state index in [-0.39, 0.29) is 0 Å².